The van der Waals surface area contributed by atoms with E-state index in [1.807, 2.05) is 18.2 Å². The number of ether oxygens (including phenoxy) is 1. The van der Waals surface area contributed by atoms with E-state index in [-0.39, 0.29) is 24.5 Å². The van der Waals surface area contributed by atoms with E-state index in [2.05, 4.69) is 11.4 Å². The van der Waals surface area contributed by atoms with Crippen LogP contribution in [0.25, 0.3) is 0 Å². The van der Waals surface area contributed by atoms with Crippen molar-refractivity contribution >= 4 is 11.8 Å². The van der Waals surface area contributed by atoms with E-state index in [1.165, 1.54) is 5.56 Å². The summed E-state index contributed by atoms with van der Waals surface area (Å²) in [6, 6.07) is 8.14. The number of fused-ring (bicyclic) bond motifs is 1. The summed E-state index contributed by atoms with van der Waals surface area (Å²) >= 11 is 0. The third-order valence-corrected chi connectivity index (χ3v) is 4.37. The van der Waals surface area contributed by atoms with Gasteiger partial charge in [0.15, 0.2) is 0 Å². The smallest absolute Gasteiger partial charge is 0.245 e. The topological polar surface area (TPSA) is 58.6 Å². The molecule has 1 aromatic carbocycles. The van der Waals surface area contributed by atoms with Crippen molar-refractivity contribution in [2.24, 2.45) is 0 Å². The van der Waals surface area contributed by atoms with Gasteiger partial charge in [0.1, 0.15) is 11.6 Å². The normalized spacial score (nSPS) is 24.5. The second-order valence-corrected chi connectivity index (χ2v) is 6.05. The molecular weight excluding hydrogens is 268 g/mol. The Kier molecular flexibility index (Phi) is 3.45. The molecule has 0 aromatic heterocycles. The van der Waals surface area contributed by atoms with Gasteiger partial charge >= 0.3 is 0 Å². The first-order valence-electron chi connectivity index (χ1n) is 7.28. The monoisotopic (exact) mass is 288 g/mol. The number of carbonyl (C=O) groups is 2. The lowest BCUT2D eigenvalue weighted by Gasteiger charge is -2.43. The van der Waals surface area contributed by atoms with Crippen molar-refractivity contribution in [2.75, 3.05) is 19.7 Å². The molecule has 1 fully saturated rings. The fourth-order valence-corrected chi connectivity index (χ4v) is 3.03. The van der Waals surface area contributed by atoms with Crippen LogP contribution in [-0.4, -0.2) is 41.9 Å². The number of nitrogens with zero attached hydrogens (tertiary/aromatic N) is 1. The zero-order chi connectivity index (χ0) is 15.0. The summed E-state index contributed by atoms with van der Waals surface area (Å²) < 4.78 is 5.86. The fourth-order valence-electron chi connectivity index (χ4n) is 3.03. The lowest BCUT2D eigenvalue weighted by atomic mass is 9.94. The van der Waals surface area contributed by atoms with Crippen LogP contribution in [-0.2, 0) is 20.7 Å². The molecule has 5 heteroatoms. The third-order valence-electron chi connectivity index (χ3n) is 4.37. The Balaban J connectivity index is 1.86. The van der Waals surface area contributed by atoms with Gasteiger partial charge < -0.3 is 15.0 Å². The Morgan fingerprint density at radius 3 is 2.90 bits per heavy atom. The second kappa shape index (κ2) is 5.15. The molecule has 1 saturated heterocycles. The number of rotatable bonds is 2. The van der Waals surface area contributed by atoms with Gasteiger partial charge in [0.25, 0.3) is 0 Å². The van der Waals surface area contributed by atoms with Crippen molar-refractivity contribution in [1.29, 1.82) is 0 Å². The molecule has 3 rings (SSSR count). The number of benzene rings is 1. The summed E-state index contributed by atoms with van der Waals surface area (Å²) in [5.41, 5.74) is 1.55. The third kappa shape index (κ3) is 2.42. The lowest BCUT2D eigenvalue weighted by Crippen LogP contribution is -2.65. The molecule has 1 N–H and O–H groups in total. The summed E-state index contributed by atoms with van der Waals surface area (Å²) in [6.45, 7) is 4.67. The van der Waals surface area contributed by atoms with Crippen molar-refractivity contribution in [1.82, 2.24) is 10.2 Å². The quantitative estimate of drug-likeness (QED) is 0.884. The zero-order valence-electron chi connectivity index (χ0n) is 12.4. The van der Waals surface area contributed by atoms with Gasteiger partial charge in [-0.3, -0.25) is 9.59 Å². The van der Waals surface area contributed by atoms with Gasteiger partial charge in [0.05, 0.1) is 19.7 Å². The standard InChI is InChI=1S/C16H20N2O3/c1-16(2)15(20)17-9-14(19)18(16)10-13-12-6-4-3-5-11(12)7-8-21-13/h3-6,13H,7-10H2,1-2H3,(H,17,20). The zero-order valence-corrected chi connectivity index (χ0v) is 12.4. The van der Waals surface area contributed by atoms with Gasteiger partial charge in [0.2, 0.25) is 11.8 Å². The highest BCUT2D eigenvalue weighted by atomic mass is 16.5. The van der Waals surface area contributed by atoms with E-state index >= 15 is 0 Å². The van der Waals surface area contributed by atoms with Crippen LogP contribution in [0.1, 0.15) is 31.1 Å². The Morgan fingerprint density at radius 1 is 1.33 bits per heavy atom. The molecule has 2 heterocycles. The Bertz CT molecular complexity index is 583. The fraction of sp³-hybridized carbons (Fsp3) is 0.500. The molecule has 21 heavy (non-hydrogen) atoms. The maximum Gasteiger partial charge on any atom is 0.245 e. The number of nitrogens with one attached hydrogen (secondary N) is 1. The molecule has 0 spiro atoms. The molecule has 0 aliphatic carbocycles. The summed E-state index contributed by atoms with van der Waals surface area (Å²) in [7, 11) is 0. The predicted octanol–water partition coefficient (Wildman–Crippen LogP) is 1.04. The molecule has 2 aliphatic rings. The number of hydrogen-bond acceptors (Lipinski definition) is 3. The molecule has 1 unspecified atom stereocenters. The van der Waals surface area contributed by atoms with Crippen LogP contribution in [0.4, 0.5) is 0 Å². The average Bonchev–Trinajstić information content (AvgIpc) is 2.48. The van der Waals surface area contributed by atoms with E-state index in [0.717, 1.165) is 12.0 Å². The van der Waals surface area contributed by atoms with E-state index in [9.17, 15) is 9.59 Å². The average molecular weight is 288 g/mol. The first-order chi connectivity index (χ1) is 10.00. The molecule has 5 nitrogen and oxygen atoms in total. The lowest BCUT2D eigenvalue weighted by molar-refractivity contribution is -0.154. The van der Waals surface area contributed by atoms with Crippen molar-refractivity contribution in [2.45, 2.75) is 31.9 Å². The highest BCUT2D eigenvalue weighted by Gasteiger charge is 2.43. The summed E-state index contributed by atoms with van der Waals surface area (Å²) in [5.74, 6) is -0.183. The van der Waals surface area contributed by atoms with E-state index < -0.39 is 5.54 Å². The Labute approximate surface area is 124 Å². The molecule has 1 atom stereocenters. The van der Waals surface area contributed by atoms with E-state index in [1.54, 1.807) is 18.7 Å². The van der Waals surface area contributed by atoms with Crippen molar-refractivity contribution in [3.63, 3.8) is 0 Å². The second-order valence-electron chi connectivity index (χ2n) is 6.05. The highest BCUT2D eigenvalue weighted by Crippen LogP contribution is 2.30. The SMILES string of the molecule is CC1(C)C(=O)NCC(=O)N1CC1OCCc2ccccc21. The molecule has 0 radical (unpaired) electrons. The minimum atomic E-state index is -0.842. The molecule has 0 saturated carbocycles. The van der Waals surface area contributed by atoms with Crippen LogP contribution in [0, 0.1) is 0 Å². The number of piperazine rings is 1. The minimum absolute atomic E-state index is 0.0637. The molecule has 2 amide bonds. The van der Waals surface area contributed by atoms with Gasteiger partial charge in [-0.2, -0.15) is 0 Å². The Hall–Kier alpha value is -1.88. The van der Waals surface area contributed by atoms with Gasteiger partial charge in [0, 0.05) is 0 Å². The van der Waals surface area contributed by atoms with Crippen molar-refractivity contribution in [3.8, 4) is 0 Å². The van der Waals surface area contributed by atoms with Gasteiger partial charge in [-0.25, -0.2) is 0 Å². The van der Waals surface area contributed by atoms with Gasteiger partial charge in [-0.1, -0.05) is 24.3 Å². The molecule has 112 valence electrons. The van der Waals surface area contributed by atoms with Crippen LogP contribution in [0.5, 0.6) is 0 Å². The highest BCUT2D eigenvalue weighted by molar-refractivity contribution is 5.97. The van der Waals surface area contributed by atoms with Gasteiger partial charge in [-0.15, -0.1) is 0 Å². The summed E-state index contributed by atoms with van der Waals surface area (Å²) in [4.78, 5) is 25.8. The van der Waals surface area contributed by atoms with Crippen LogP contribution in [0.3, 0.4) is 0 Å². The molecule has 0 bridgehead atoms. The van der Waals surface area contributed by atoms with Crippen molar-refractivity contribution in [3.05, 3.63) is 35.4 Å². The van der Waals surface area contributed by atoms with E-state index in [0.29, 0.717) is 13.2 Å². The van der Waals surface area contributed by atoms with Crippen molar-refractivity contribution < 1.29 is 14.3 Å². The van der Waals surface area contributed by atoms with Crippen LogP contribution < -0.4 is 5.32 Å². The summed E-state index contributed by atoms with van der Waals surface area (Å²) in [6.07, 6.45) is 0.730. The number of hydrogen-bond donors (Lipinski definition) is 1. The van der Waals surface area contributed by atoms with Crippen LogP contribution in [0.15, 0.2) is 24.3 Å². The van der Waals surface area contributed by atoms with E-state index in [4.69, 9.17) is 4.74 Å². The molecule has 2 aliphatic heterocycles. The number of carbonyl (C=O) groups excluding carboxylic acids is 2. The van der Waals surface area contributed by atoms with Crippen LogP contribution in [0.2, 0.25) is 0 Å². The molecule has 1 aromatic rings. The number of amides is 2. The largest absolute Gasteiger partial charge is 0.371 e. The minimum Gasteiger partial charge on any atom is -0.371 e. The Morgan fingerprint density at radius 2 is 2.10 bits per heavy atom. The van der Waals surface area contributed by atoms with Gasteiger partial charge in [-0.05, 0) is 31.4 Å². The first kappa shape index (κ1) is 14.1. The predicted molar refractivity (Wildman–Crippen MR) is 77.6 cm³/mol. The summed E-state index contributed by atoms with van der Waals surface area (Å²) in [5, 5.41) is 2.64. The van der Waals surface area contributed by atoms with Crippen LogP contribution >= 0.6 is 0 Å². The molecular formula is C16H20N2O3. The maximum atomic E-state index is 12.2. The maximum absolute atomic E-state index is 12.2. The first-order valence-corrected chi connectivity index (χ1v) is 7.28.